The van der Waals surface area contributed by atoms with E-state index in [1.54, 1.807) is 48.7 Å². The Bertz CT molecular complexity index is 984. The van der Waals surface area contributed by atoms with Crippen LogP contribution in [-0.4, -0.2) is 64.9 Å². The van der Waals surface area contributed by atoms with Crippen molar-refractivity contribution in [2.75, 3.05) is 33.3 Å². The molecule has 1 N–H and O–H groups in total. The third-order valence-electron chi connectivity index (χ3n) is 5.76. The Morgan fingerprint density at radius 3 is 2.55 bits per heavy atom. The molecule has 164 valence electrons. The van der Waals surface area contributed by atoms with Gasteiger partial charge in [0.05, 0.1) is 18.7 Å². The number of carbonyl (C=O) groups excluding carboxylic acids is 2. The van der Waals surface area contributed by atoms with Gasteiger partial charge < -0.3 is 19.6 Å². The molecule has 1 atom stereocenters. The molecule has 7 heteroatoms. The van der Waals surface area contributed by atoms with E-state index in [9.17, 15) is 14.7 Å². The van der Waals surface area contributed by atoms with Crippen molar-refractivity contribution < 1.29 is 19.4 Å². The van der Waals surface area contributed by atoms with Gasteiger partial charge in [0.25, 0.3) is 11.7 Å². The normalized spacial score (nSPS) is 18.1. The summed E-state index contributed by atoms with van der Waals surface area (Å²) in [5.41, 5.74) is 2.06. The quantitative estimate of drug-likeness (QED) is 0.399. The highest BCUT2D eigenvalue weighted by Crippen LogP contribution is 2.39. The molecule has 1 aliphatic heterocycles. The van der Waals surface area contributed by atoms with Gasteiger partial charge in [0, 0.05) is 31.0 Å². The number of likely N-dealkylation sites (tertiary alicyclic amines) is 1. The van der Waals surface area contributed by atoms with Crippen LogP contribution >= 0.6 is 0 Å². The fourth-order valence-corrected chi connectivity index (χ4v) is 3.97. The number of benzene rings is 1. The number of Topliss-reactive ketones (excluding diaryl/α,β-unsaturated/α-hetero) is 1. The minimum absolute atomic E-state index is 0.0853. The number of nitrogens with zero attached hydrogens (tertiary/aromatic N) is 3. The van der Waals surface area contributed by atoms with E-state index in [0.29, 0.717) is 30.0 Å². The summed E-state index contributed by atoms with van der Waals surface area (Å²) in [5.74, 6) is -0.796. The van der Waals surface area contributed by atoms with Crippen LogP contribution in [0.2, 0.25) is 0 Å². The molecule has 1 aromatic carbocycles. The fourth-order valence-electron chi connectivity index (χ4n) is 3.97. The number of likely N-dealkylation sites (N-methyl/N-ethyl adjacent to an activating group) is 1. The van der Waals surface area contributed by atoms with E-state index in [-0.39, 0.29) is 11.3 Å². The molecule has 1 aromatic heterocycles. The van der Waals surface area contributed by atoms with Gasteiger partial charge in [0.15, 0.2) is 0 Å². The van der Waals surface area contributed by atoms with E-state index >= 15 is 0 Å². The summed E-state index contributed by atoms with van der Waals surface area (Å²) >= 11 is 0. The topological polar surface area (TPSA) is 83.0 Å². The predicted octanol–water partition coefficient (Wildman–Crippen LogP) is 3.16. The number of rotatable bonds is 8. The molecule has 1 fully saturated rings. The first kappa shape index (κ1) is 22.5. The molecule has 0 radical (unpaired) electrons. The maximum absolute atomic E-state index is 13.0. The summed E-state index contributed by atoms with van der Waals surface area (Å²) < 4.78 is 5.29. The van der Waals surface area contributed by atoms with Crippen LogP contribution in [0.15, 0.2) is 48.3 Å². The van der Waals surface area contributed by atoms with Gasteiger partial charge in [0.1, 0.15) is 11.5 Å². The largest absolute Gasteiger partial charge is 0.507 e. The van der Waals surface area contributed by atoms with Crippen molar-refractivity contribution in [3.63, 3.8) is 0 Å². The Kier molecular flexibility index (Phi) is 7.07. The highest BCUT2D eigenvalue weighted by atomic mass is 16.5. The number of hydrogen-bond acceptors (Lipinski definition) is 6. The van der Waals surface area contributed by atoms with Crippen molar-refractivity contribution in [3.05, 3.63) is 65.0 Å². The molecule has 3 rings (SSSR count). The predicted molar refractivity (Wildman–Crippen MR) is 119 cm³/mol. The molecular formula is C24H29N3O4. The van der Waals surface area contributed by atoms with Crippen LogP contribution < -0.4 is 4.74 Å². The van der Waals surface area contributed by atoms with E-state index < -0.39 is 17.7 Å². The summed E-state index contributed by atoms with van der Waals surface area (Å²) in [6.07, 6.45) is 3.27. The van der Waals surface area contributed by atoms with Crippen molar-refractivity contribution in [3.8, 4) is 5.75 Å². The second-order valence-corrected chi connectivity index (χ2v) is 7.49. The van der Waals surface area contributed by atoms with Gasteiger partial charge in [-0.25, -0.2) is 0 Å². The van der Waals surface area contributed by atoms with Gasteiger partial charge >= 0.3 is 0 Å². The number of aliphatic hydroxyl groups is 1. The lowest BCUT2D eigenvalue weighted by atomic mass is 9.95. The second-order valence-electron chi connectivity index (χ2n) is 7.49. The highest BCUT2D eigenvalue weighted by molar-refractivity contribution is 6.46. The lowest BCUT2D eigenvalue weighted by Crippen LogP contribution is -2.38. The van der Waals surface area contributed by atoms with E-state index in [1.807, 2.05) is 13.0 Å². The third kappa shape index (κ3) is 4.46. The Morgan fingerprint density at radius 2 is 1.97 bits per heavy atom. The van der Waals surface area contributed by atoms with Gasteiger partial charge in [-0.3, -0.25) is 14.6 Å². The molecule has 0 saturated carbocycles. The van der Waals surface area contributed by atoms with E-state index in [1.165, 1.54) is 0 Å². The maximum atomic E-state index is 13.0. The number of methoxy groups -OCH3 is 1. The lowest BCUT2D eigenvalue weighted by molar-refractivity contribution is -0.140. The molecule has 1 amide bonds. The highest BCUT2D eigenvalue weighted by Gasteiger charge is 2.46. The van der Waals surface area contributed by atoms with Crippen molar-refractivity contribution in [2.45, 2.75) is 26.8 Å². The first-order valence-corrected chi connectivity index (χ1v) is 10.5. The van der Waals surface area contributed by atoms with Crippen molar-refractivity contribution in [1.29, 1.82) is 0 Å². The van der Waals surface area contributed by atoms with Crippen molar-refractivity contribution >= 4 is 17.4 Å². The van der Waals surface area contributed by atoms with Gasteiger partial charge in [-0.1, -0.05) is 19.9 Å². The number of amides is 1. The zero-order valence-electron chi connectivity index (χ0n) is 18.5. The van der Waals surface area contributed by atoms with Gasteiger partial charge in [0.2, 0.25) is 0 Å². The third-order valence-corrected chi connectivity index (χ3v) is 5.76. The van der Waals surface area contributed by atoms with Crippen LogP contribution in [0, 0.1) is 6.92 Å². The molecule has 2 aromatic rings. The van der Waals surface area contributed by atoms with Crippen LogP contribution in [0.25, 0.3) is 5.76 Å². The number of ketones is 1. The van der Waals surface area contributed by atoms with Crippen LogP contribution in [0.4, 0.5) is 0 Å². The minimum atomic E-state index is -0.688. The molecular weight excluding hydrogens is 394 g/mol. The summed E-state index contributed by atoms with van der Waals surface area (Å²) in [6, 6.07) is 8.06. The standard InChI is InChI=1S/C24H29N3O4/c1-5-26(6-2)12-13-27-21(18-8-7-11-25-15-18)20(23(29)24(27)30)22(28)17-9-10-19(31-4)16(3)14-17/h7-11,14-15,21,28H,5-6,12-13H2,1-4H3/t21-/m1/s1. The number of aryl methyl sites for hydroxylation is 1. The zero-order valence-corrected chi connectivity index (χ0v) is 18.5. The van der Waals surface area contributed by atoms with E-state index in [4.69, 9.17) is 4.74 Å². The van der Waals surface area contributed by atoms with Crippen LogP contribution in [0.1, 0.15) is 36.6 Å². The van der Waals surface area contributed by atoms with Crippen LogP contribution in [0.5, 0.6) is 5.75 Å². The fraction of sp³-hybridized carbons (Fsp3) is 0.375. The first-order chi connectivity index (χ1) is 14.9. The SMILES string of the molecule is CCN(CC)CCN1C(=O)C(=O)C(=C(O)c2ccc(OC)c(C)c2)[C@H]1c1cccnc1. The zero-order chi connectivity index (χ0) is 22.5. The Balaban J connectivity index is 2.08. The van der Waals surface area contributed by atoms with Crippen molar-refractivity contribution in [2.24, 2.45) is 0 Å². The van der Waals surface area contributed by atoms with Crippen LogP contribution in [0.3, 0.4) is 0 Å². The van der Waals surface area contributed by atoms with Crippen LogP contribution in [-0.2, 0) is 9.59 Å². The van der Waals surface area contributed by atoms with E-state index in [2.05, 4.69) is 23.7 Å². The van der Waals surface area contributed by atoms with Gasteiger partial charge in [-0.15, -0.1) is 0 Å². The minimum Gasteiger partial charge on any atom is -0.507 e. The Hall–Kier alpha value is -3.19. The maximum Gasteiger partial charge on any atom is 0.295 e. The number of aromatic nitrogens is 1. The summed E-state index contributed by atoms with van der Waals surface area (Å²) in [6.45, 7) is 8.69. The average Bonchev–Trinajstić information content (AvgIpc) is 3.04. The molecule has 0 unspecified atom stereocenters. The molecule has 0 aliphatic carbocycles. The summed E-state index contributed by atoms with van der Waals surface area (Å²) in [7, 11) is 1.58. The molecule has 0 spiro atoms. The lowest BCUT2D eigenvalue weighted by Gasteiger charge is -2.28. The van der Waals surface area contributed by atoms with Gasteiger partial charge in [-0.2, -0.15) is 0 Å². The monoisotopic (exact) mass is 423 g/mol. The van der Waals surface area contributed by atoms with E-state index in [0.717, 1.165) is 18.7 Å². The Morgan fingerprint density at radius 1 is 1.23 bits per heavy atom. The summed E-state index contributed by atoms with van der Waals surface area (Å²) in [4.78, 5) is 33.9. The number of hydrogen-bond donors (Lipinski definition) is 1. The Labute approximate surface area is 183 Å². The summed E-state index contributed by atoms with van der Waals surface area (Å²) in [5, 5.41) is 11.1. The molecule has 31 heavy (non-hydrogen) atoms. The molecule has 1 aliphatic rings. The van der Waals surface area contributed by atoms with Crippen molar-refractivity contribution in [1.82, 2.24) is 14.8 Å². The van der Waals surface area contributed by atoms with Gasteiger partial charge in [-0.05, 0) is 55.4 Å². The molecule has 0 bridgehead atoms. The number of aliphatic hydroxyl groups excluding tert-OH is 1. The number of ether oxygens (including phenoxy) is 1. The molecule has 2 heterocycles. The number of carbonyl (C=O) groups is 2. The molecule has 1 saturated heterocycles. The second kappa shape index (κ2) is 9.75. The smallest absolute Gasteiger partial charge is 0.295 e. The number of pyridine rings is 1. The first-order valence-electron chi connectivity index (χ1n) is 10.5. The average molecular weight is 424 g/mol. The molecule has 7 nitrogen and oxygen atoms in total.